The molecule has 204 valence electrons. The van der Waals surface area contributed by atoms with Gasteiger partial charge in [-0.15, -0.1) is 0 Å². The van der Waals surface area contributed by atoms with Crippen LogP contribution in [0.15, 0.2) is 42.3 Å². The van der Waals surface area contributed by atoms with Crippen molar-refractivity contribution in [2.24, 2.45) is 29.1 Å². The molecule has 0 unspecified atom stereocenters. The molecule has 7 atom stereocenters. The molecule has 0 aromatic carbocycles. The topological polar surface area (TPSA) is 109 Å². The molecule has 0 N–H and O–H groups in total. The number of esters is 2. The third kappa shape index (κ3) is 4.81. The summed E-state index contributed by atoms with van der Waals surface area (Å²) in [6.45, 7) is 14.9. The standard InChI is InChI=1S/C30H37NO7/c1-16-8-9-22-23(29(22,6)7)12-17(2)28(35)30(38-20(5)34)13-18(3)27(25(30)26(16)36-19(4)33)37-24-14-31-11-10-21(24)15-32/h10-12,14-15,18,22-23,25-27H,1,8-9,13H2,2-7H3/b17-12+/t18-,22+,23+,25+,26-,27-,30+/m0/s1. The van der Waals surface area contributed by atoms with Gasteiger partial charge in [0, 0.05) is 26.5 Å². The Balaban J connectivity index is 1.91. The summed E-state index contributed by atoms with van der Waals surface area (Å²) < 4.78 is 18.3. The number of aromatic nitrogens is 1. The fourth-order valence-corrected chi connectivity index (χ4v) is 6.77. The minimum atomic E-state index is -1.65. The maximum Gasteiger partial charge on any atom is 0.303 e. The van der Waals surface area contributed by atoms with Gasteiger partial charge in [0.1, 0.15) is 18.0 Å². The van der Waals surface area contributed by atoms with Crippen LogP contribution >= 0.6 is 0 Å². The average Bonchev–Trinajstić information content (AvgIpc) is 3.24. The molecule has 0 spiro atoms. The third-order valence-electron chi connectivity index (χ3n) is 8.72. The van der Waals surface area contributed by atoms with Crippen LogP contribution in [0.5, 0.6) is 5.75 Å². The predicted octanol–water partition coefficient (Wildman–Crippen LogP) is 4.67. The first-order chi connectivity index (χ1) is 17.8. The van der Waals surface area contributed by atoms with E-state index in [-0.39, 0.29) is 35.2 Å². The van der Waals surface area contributed by atoms with E-state index in [9.17, 15) is 19.2 Å². The van der Waals surface area contributed by atoms with Gasteiger partial charge in [-0.1, -0.05) is 33.4 Å². The SMILES string of the molecule is C=C1CC[C@@H]2[C@@H](/C=C(\C)C(=O)[C@@]3(OC(C)=O)C[C@H](C)[C@H](Oc4cnccc4C=O)[C@H]3[C@H]1OC(C)=O)C2(C)C. The monoisotopic (exact) mass is 523 g/mol. The number of carbonyl (C=O) groups is 4. The number of ketones is 1. The lowest BCUT2D eigenvalue weighted by molar-refractivity contribution is -0.178. The molecule has 2 saturated carbocycles. The predicted molar refractivity (Wildman–Crippen MR) is 139 cm³/mol. The number of carbonyl (C=O) groups excluding carboxylic acids is 4. The van der Waals surface area contributed by atoms with Crippen LogP contribution in [0.25, 0.3) is 0 Å². The number of hydrogen-bond donors (Lipinski definition) is 0. The fraction of sp³-hybridized carbons (Fsp3) is 0.567. The Morgan fingerprint density at radius 2 is 1.92 bits per heavy atom. The van der Waals surface area contributed by atoms with Crippen molar-refractivity contribution in [3.05, 3.63) is 47.8 Å². The normalized spacial score (nSPS) is 35.5. The van der Waals surface area contributed by atoms with Crippen LogP contribution in [-0.2, 0) is 23.9 Å². The molecule has 1 heterocycles. The number of Topliss-reactive ketones (excluding diaryl/α,β-unsaturated/α-hetero) is 1. The van der Waals surface area contributed by atoms with Crippen molar-refractivity contribution in [1.29, 1.82) is 0 Å². The second-order valence-corrected chi connectivity index (χ2v) is 11.7. The first kappa shape index (κ1) is 27.7. The lowest BCUT2D eigenvalue weighted by atomic mass is 9.76. The molecule has 8 heteroatoms. The first-order valence-corrected chi connectivity index (χ1v) is 13.2. The van der Waals surface area contributed by atoms with Gasteiger partial charge in [0.2, 0.25) is 5.78 Å². The quantitative estimate of drug-likeness (QED) is 0.311. The van der Waals surface area contributed by atoms with E-state index in [0.29, 0.717) is 35.3 Å². The second kappa shape index (κ2) is 10.1. The molecule has 0 bridgehead atoms. The zero-order valence-corrected chi connectivity index (χ0v) is 23.0. The molecular formula is C30H37NO7. The summed E-state index contributed by atoms with van der Waals surface area (Å²) >= 11 is 0. The number of nitrogens with zero attached hydrogens (tertiary/aromatic N) is 1. The summed E-state index contributed by atoms with van der Waals surface area (Å²) in [4.78, 5) is 55.1. The van der Waals surface area contributed by atoms with Gasteiger partial charge in [-0.3, -0.25) is 24.2 Å². The van der Waals surface area contributed by atoms with Crippen LogP contribution < -0.4 is 4.74 Å². The van der Waals surface area contributed by atoms with Crippen LogP contribution in [0.4, 0.5) is 0 Å². The molecule has 0 radical (unpaired) electrons. The van der Waals surface area contributed by atoms with Crippen molar-refractivity contribution in [2.75, 3.05) is 0 Å². The molecule has 1 aromatic rings. The van der Waals surface area contributed by atoms with Gasteiger partial charge in [0.25, 0.3) is 0 Å². The number of aldehydes is 1. The fourth-order valence-electron chi connectivity index (χ4n) is 6.77. The van der Waals surface area contributed by atoms with Crippen molar-refractivity contribution in [1.82, 2.24) is 4.98 Å². The molecule has 4 rings (SSSR count). The zero-order chi connectivity index (χ0) is 28.0. The molecule has 1 aromatic heterocycles. The Morgan fingerprint density at radius 1 is 1.21 bits per heavy atom. The van der Waals surface area contributed by atoms with Crippen LogP contribution in [0.1, 0.15) is 71.2 Å². The van der Waals surface area contributed by atoms with Crippen molar-refractivity contribution in [3.63, 3.8) is 0 Å². The summed E-state index contributed by atoms with van der Waals surface area (Å²) in [5.74, 6) is -1.91. The molecule has 3 aliphatic rings. The van der Waals surface area contributed by atoms with E-state index < -0.39 is 35.7 Å². The lowest BCUT2D eigenvalue weighted by Crippen LogP contribution is -2.55. The van der Waals surface area contributed by atoms with Gasteiger partial charge in [0.15, 0.2) is 11.9 Å². The van der Waals surface area contributed by atoms with Crippen molar-refractivity contribution in [2.45, 2.75) is 78.6 Å². The Morgan fingerprint density at radius 3 is 2.55 bits per heavy atom. The molecule has 0 aliphatic heterocycles. The average molecular weight is 524 g/mol. The van der Waals surface area contributed by atoms with E-state index in [0.717, 1.165) is 6.42 Å². The Kier molecular flexibility index (Phi) is 7.38. The number of pyridine rings is 1. The van der Waals surface area contributed by atoms with Gasteiger partial charge < -0.3 is 14.2 Å². The van der Waals surface area contributed by atoms with Gasteiger partial charge in [0.05, 0.1) is 17.7 Å². The highest BCUT2D eigenvalue weighted by molar-refractivity contribution is 6.03. The molecular weight excluding hydrogens is 486 g/mol. The Bertz CT molecular complexity index is 1200. The van der Waals surface area contributed by atoms with Crippen LogP contribution in [0.2, 0.25) is 0 Å². The molecule has 3 aliphatic carbocycles. The second-order valence-electron chi connectivity index (χ2n) is 11.7. The van der Waals surface area contributed by atoms with Crippen LogP contribution in [-0.4, -0.2) is 46.8 Å². The minimum absolute atomic E-state index is 0.0199. The zero-order valence-electron chi connectivity index (χ0n) is 23.0. The van der Waals surface area contributed by atoms with E-state index in [1.807, 2.05) is 13.0 Å². The summed E-state index contributed by atoms with van der Waals surface area (Å²) in [6, 6.07) is 1.54. The van der Waals surface area contributed by atoms with Gasteiger partial charge >= 0.3 is 11.9 Å². The number of fused-ring (bicyclic) bond motifs is 2. The smallest absolute Gasteiger partial charge is 0.303 e. The first-order valence-electron chi connectivity index (χ1n) is 13.2. The summed E-state index contributed by atoms with van der Waals surface area (Å²) in [6.07, 6.45) is 5.45. The van der Waals surface area contributed by atoms with Crippen molar-refractivity contribution in [3.8, 4) is 5.75 Å². The van der Waals surface area contributed by atoms with Crippen molar-refractivity contribution >= 4 is 24.0 Å². The Hall–Kier alpha value is -3.29. The van der Waals surface area contributed by atoms with E-state index in [1.54, 1.807) is 6.92 Å². The van der Waals surface area contributed by atoms with E-state index >= 15 is 0 Å². The van der Waals surface area contributed by atoms with E-state index in [1.165, 1.54) is 32.3 Å². The molecule has 0 saturated heterocycles. The van der Waals surface area contributed by atoms with Crippen LogP contribution in [0, 0.1) is 29.1 Å². The number of allylic oxidation sites excluding steroid dienone is 1. The maximum atomic E-state index is 14.4. The van der Waals surface area contributed by atoms with E-state index in [2.05, 4.69) is 25.4 Å². The Labute approximate surface area is 223 Å². The van der Waals surface area contributed by atoms with Crippen molar-refractivity contribution < 1.29 is 33.4 Å². The lowest BCUT2D eigenvalue weighted by Gasteiger charge is -2.40. The van der Waals surface area contributed by atoms with E-state index in [4.69, 9.17) is 14.2 Å². The van der Waals surface area contributed by atoms with Gasteiger partial charge in [-0.05, 0) is 60.1 Å². The molecule has 2 fully saturated rings. The van der Waals surface area contributed by atoms with Gasteiger partial charge in [-0.25, -0.2) is 0 Å². The highest BCUT2D eigenvalue weighted by Gasteiger charge is 2.65. The third-order valence-corrected chi connectivity index (χ3v) is 8.72. The van der Waals surface area contributed by atoms with Gasteiger partial charge in [-0.2, -0.15) is 0 Å². The summed E-state index contributed by atoms with van der Waals surface area (Å²) in [5.41, 5.74) is -0.191. The number of rotatable bonds is 5. The maximum absolute atomic E-state index is 14.4. The molecule has 38 heavy (non-hydrogen) atoms. The number of hydrogen-bond acceptors (Lipinski definition) is 8. The molecule has 0 amide bonds. The highest BCUT2D eigenvalue weighted by Crippen LogP contribution is 2.62. The van der Waals surface area contributed by atoms with Crippen LogP contribution in [0.3, 0.4) is 0 Å². The minimum Gasteiger partial charge on any atom is -0.487 e. The summed E-state index contributed by atoms with van der Waals surface area (Å²) in [7, 11) is 0. The number of ether oxygens (including phenoxy) is 3. The summed E-state index contributed by atoms with van der Waals surface area (Å²) in [5, 5.41) is 0. The molecule has 8 nitrogen and oxygen atoms in total. The largest absolute Gasteiger partial charge is 0.487 e. The highest BCUT2D eigenvalue weighted by atomic mass is 16.6.